The molecule has 0 aliphatic rings. The molecule has 0 aliphatic heterocycles. The highest BCUT2D eigenvalue weighted by atomic mass is 32.3. The molecule has 0 amide bonds. The summed E-state index contributed by atoms with van der Waals surface area (Å²) in [5, 5.41) is 29.6. The van der Waals surface area contributed by atoms with E-state index in [1.807, 2.05) is 6.92 Å². The molecule has 3 N–H and O–H groups in total. The van der Waals surface area contributed by atoms with E-state index >= 15 is 0 Å². The van der Waals surface area contributed by atoms with Crippen molar-refractivity contribution < 1.29 is 27.4 Å². The van der Waals surface area contributed by atoms with Crippen LogP contribution in [0.15, 0.2) is 117 Å². The third kappa shape index (κ3) is 4.54. The zero-order chi connectivity index (χ0) is 23.6. The number of hydrogen-bond donors (Lipinski definition) is 3. The van der Waals surface area contributed by atoms with E-state index in [4.69, 9.17) is 3.63 Å². The number of phenolic OH excluding ortho intramolecular Hbond substituents is 3. The monoisotopic (exact) mass is 482 g/mol. The number of phenols is 3. The van der Waals surface area contributed by atoms with Crippen LogP contribution in [0.25, 0.3) is 0 Å². The number of benzene rings is 4. The van der Waals surface area contributed by atoms with E-state index in [0.29, 0.717) is 14.7 Å². The molecule has 0 fully saturated rings. The van der Waals surface area contributed by atoms with Gasteiger partial charge in [-0.25, -0.2) is 3.63 Å². The van der Waals surface area contributed by atoms with Crippen LogP contribution in [0.4, 0.5) is 0 Å². The lowest BCUT2D eigenvalue weighted by atomic mass is 10.2. The van der Waals surface area contributed by atoms with Crippen molar-refractivity contribution in [1.82, 2.24) is 0 Å². The molecule has 33 heavy (non-hydrogen) atoms. The van der Waals surface area contributed by atoms with Gasteiger partial charge in [0.2, 0.25) is 0 Å². The van der Waals surface area contributed by atoms with Gasteiger partial charge < -0.3 is 15.3 Å². The lowest BCUT2D eigenvalue weighted by Crippen LogP contribution is -2.14. The Balaban J connectivity index is 2.02. The fourth-order valence-electron chi connectivity index (χ4n) is 3.32. The Kier molecular flexibility index (Phi) is 6.07. The second kappa shape index (κ2) is 8.82. The number of aromatic hydroxyl groups is 3. The summed E-state index contributed by atoms with van der Waals surface area (Å²) < 4.78 is 33.2. The maximum atomic E-state index is 13.5. The molecule has 0 heterocycles. The van der Waals surface area contributed by atoms with Gasteiger partial charge in [-0.3, -0.25) is 0 Å². The Morgan fingerprint density at radius 1 is 0.515 bits per heavy atom. The lowest BCUT2D eigenvalue weighted by molar-refractivity contribution is 0.474. The lowest BCUT2D eigenvalue weighted by Gasteiger charge is -2.39. The van der Waals surface area contributed by atoms with Crippen LogP contribution < -0.4 is 0 Å². The zero-order valence-corrected chi connectivity index (χ0v) is 19.3. The predicted octanol–water partition coefficient (Wildman–Crippen LogP) is 5.71. The summed E-state index contributed by atoms with van der Waals surface area (Å²) >= 11 is 0. The van der Waals surface area contributed by atoms with Gasteiger partial charge in [0.15, 0.2) is 0 Å². The van der Waals surface area contributed by atoms with E-state index in [2.05, 4.69) is 0 Å². The highest BCUT2D eigenvalue weighted by Gasteiger charge is 2.38. The minimum absolute atomic E-state index is 0.00121. The Labute approximate surface area is 194 Å². The van der Waals surface area contributed by atoms with Crippen LogP contribution in [-0.4, -0.2) is 23.7 Å². The Morgan fingerprint density at radius 2 is 0.818 bits per heavy atom. The first-order chi connectivity index (χ1) is 15.7. The molecule has 0 atom stereocenters. The van der Waals surface area contributed by atoms with Gasteiger partial charge in [-0.15, -0.1) is 0 Å². The van der Waals surface area contributed by atoms with Gasteiger partial charge in [0.25, 0.3) is 0 Å². The first-order valence-electron chi connectivity index (χ1n) is 9.94. The summed E-state index contributed by atoms with van der Waals surface area (Å²) in [5.74, 6) is 0.0551. The van der Waals surface area contributed by atoms with Gasteiger partial charge in [0, 0.05) is 14.7 Å². The Bertz CT molecular complexity index is 1240. The molecule has 0 saturated carbocycles. The average Bonchev–Trinajstić information content (AvgIpc) is 2.79. The fraction of sp³-hybridized carbons (Fsp3) is 0.0400. The summed E-state index contributed by atoms with van der Waals surface area (Å²) in [5.41, 5.74) is 0.906. The summed E-state index contributed by atoms with van der Waals surface area (Å²) in [6, 6.07) is 24.7. The van der Waals surface area contributed by atoms with Crippen molar-refractivity contribution in [2.75, 3.05) is 0 Å². The smallest absolute Gasteiger partial charge is 0.307 e. The van der Waals surface area contributed by atoms with Crippen LogP contribution in [0.5, 0.6) is 17.2 Å². The van der Waals surface area contributed by atoms with Gasteiger partial charge >= 0.3 is 10.1 Å². The average molecular weight is 483 g/mol. The molecule has 0 aromatic heterocycles. The van der Waals surface area contributed by atoms with Gasteiger partial charge in [-0.1, -0.05) is 17.7 Å². The van der Waals surface area contributed by atoms with E-state index < -0.39 is 20.4 Å². The second-order valence-electron chi connectivity index (χ2n) is 7.37. The number of rotatable bonds is 6. The van der Waals surface area contributed by atoms with Crippen LogP contribution in [-0.2, 0) is 13.7 Å². The van der Waals surface area contributed by atoms with Crippen LogP contribution in [0.3, 0.4) is 0 Å². The predicted molar refractivity (Wildman–Crippen MR) is 126 cm³/mol. The molecular weight excluding hydrogens is 460 g/mol. The summed E-state index contributed by atoms with van der Waals surface area (Å²) in [6.45, 7) is 1.86. The summed E-state index contributed by atoms with van der Waals surface area (Å²) in [6.07, 6.45) is 0. The first-order valence-corrected chi connectivity index (χ1v) is 12.9. The molecule has 170 valence electrons. The van der Waals surface area contributed by atoms with Gasteiger partial charge in [-0.05, 0) is 102 Å². The second-order valence-corrected chi connectivity index (χ2v) is 11.8. The maximum Gasteiger partial charge on any atom is 0.307 e. The molecule has 0 unspecified atom stereocenters. The molecule has 0 radical (unpaired) electrons. The van der Waals surface area contributed by atoms with E-state index in [0.717, 1.165) is 5.56 Å². The van der Waals surface area contributed by atoms with Crippen molar-refractivity contribution in [2.24, 2.45) is 0 Å². The summed E-state index contributed by atoms with van der Waals surface area (Å²) in [4.78, 5) is 1.52. The molecule has 4 aromatic rings. The Hall–Kier alpha value is -3.46. The largest absolute Gasteiger partial charge is 0.508 e. The normalized spacial score (nSPS) is 12.4. The first kappa shape index (κ1) is 22.7. The topological polar surface area (TPSA) is 104 Å². The quantitative estimate of drug-likeness (QED) is 0.325. The Morgan fingerprint density at radius 3 is 1.15 bits per heavy atom. The van der Waals surface area contributed by atoms with E-state index in [-0.39, 0.29) is 22.1 Å². The van der Waals surface area contributed by atoms with Crippen LogP contribution in [0.2, 0.25) is 0 Å². The van der Waals surface area contributed by atoms with Gasteiger partial charge in [-0.2, -0.15) is 8.42 Å². The molecule has 0 spiro atoms. The third-order valence-corrected chi connectivity index (χ3v) is 10.2. The van der Waals surface area contributed by atoms with E-state index in [1.54, 1.807) is 48.5 Å². The highest BCUT2D eigenvalue weighted by molar-refractivity contribution is 8.33. The van der Waals surface area contributed by atoms with E-state index in [9.17, 15) is 23.7 Å². The van der Waals surface area contributed by atoms with Crippen molar-refractivity contribution in [1.29, 1.82) is 0 Å². The molecule has 0 saturated heterocycles. The number of aryl methyl sites for hydroxylation is 1. The van der Waals surface area contributed by atoms with Crippen molar-refractivity contribution in [3.8, 4) is 17.2 Å². The molecule has 0 bridgehead atoms. The minimum Gasteiger partial charge on any atom is -0.508 e. The molecule has 6 nitrogen and oxygen atoms in total. The summed E-state index contributed by atoms with van der Waals surface area (Å²) in [7, 11) is -7.18. The van der Waals surface area contributed by atoms with Crippen LogP contribution in [0, 0.1) is 6.92 Å². The molecule has 4 rings (SSSR count). The standard InChI is InChI=1S/C25H22O6S2/c1-18-2-10-25(11-3-18)33(29,30)31-32(22-12-4-19(26)5-13-22,23-14-6-20(27)7-15-23)24-16-8-21(28)9-17-24/h2-17,26-28H,1H3. The highest BCUT2D eigenvalue weighted by Crippen LogP contribution is 2.70. The van der Waals surface area contributed by atoms with Gasteiger partial charge in [0.05, 0.1) is 4.90 Å². The van der Waals surface area contributed by atoms with Crippen LogP contribution >= 0.6 is 10.3 Å². The maximum absolute atomic E-state index is 13.5. The van der Waals surface area contributed by atoms with Crippen molar-refractivity contribution in [2.45, 2.75) is 26.5 Å². The van der Waals surface area contributed by atoms with Crippen molar-refractivity contribution >= 4 is 20.4 Å². The van der Waals surface area contributed by atoms with Crippen LogP contribution in [0.1, 0.15) is 5.56 Å². The van der Waals surface area contributed by atoms with Gasteiger partial charge in [0.1, 0.15) is 17.2 Å². The molecule has 4 aromatic carbocycles. The van der Waals surface area contributed by atoms with Crippen molar-refractivity contribution in [3.05, 3.63) is 103 Å². The third-order valence-electron chi connectivity index (χ3n) is 5.01. The molecular formula is C25H22O6S2. The SMILES string of the molecule is Cc1ccc(S(=O)(=O)OS(c2ccc(O)cc2)(c2ccc(O)cc2)c2ccc(O)cc2)cc1. The van der Waals surface area contributed by atoms with Crippen molar-refractivity contribution in [3.63, 3.8) is 0 Å². The zero-order valence-electron chi connectivity index (χ0n) is 17.6. The number of hydrogen-bond acceptors (Lipinski definition) is 6. The molecule has 8 heteroatoms. The molecule has 0 aliphatic carbocycles. The minimum atomic E-state index is -4.26. The fourth-order valence-corrected chi connectivity index (χ4v) is 8.49. The van der Waals surface area contributed by atoms with E-state index in [1.165, 1.54) is 48.5 Å².